The van der Waals surface area contributed by atoms with Gasteiger partial charge in [-0.2, -0.15) is 0 Å². The Morgan fingerprint density at radius 3 is 2.77 bits per heavy atom. The number of nitrogens with zero attached hydrogens (tertiary/aromatic N) is 2. The third-order valence-electron chi connectivity index (χ3n) is 2.65. The number of nitrogens with two attached hydrogens (primary N) is 1. The Morgan fingerprint density at radius 2 is 2.14 bits per heavy atom. The molecule has 6 nitrogen and oxygen atoms in total. The molecule has 0 saturated carbocycles. The second kappa shape index (κ2) is 8.60. The highest BCUT2D eigenvalue weighted by molar-refractivity contribution is 8.01. The topological polar surface area (TPSA) is 90.1 Å². The molecule has 0 bridgehead atoms. The van der Waals surface area contributed by atoms with Crippen molar-refractivity contribution in [1.82, 2.24) is 10.2 Å². The van der Waals surface area contributed by atoms with Crippen molar-refractivity contribution in [2.24, 2.45) is 0 Å². The monoisotopic (exact) mass is 338 g/mol. The Labute approximate surface area is 137 Å². The lowest BCUT2D eigenvalue weighted by Crippen LogP contribution is -2.13. The quantitative estimate of drug-likeness (QED) is 0.568. The van der Waals surface area contributed by atoms with Crippen molar-refractivity contribution in [3.05, 3.63) is 24.3 Å². The van der Waals surface area contributed by atoms with Crippen molar-refractivity contribution in [3.8, 4) is 5.75 Å². The summed E-state index contributed by atoms with van der Waals surface area (Å²) in [6, 6.07) is 7.35. The van der Waals surface area contributed by atoms with Gasteiger partial charge in [-0.25, -0.2) is 0 Å². The summed E-state index contributed by atoms with van der Waals surface area (Å²) in [4.78, 5) is 11.9. The number of nitrogen functional groups attached to an aromatic ring is 1. The van der Waals surface area contributed by atoms with Gasteiger partial charge in [0.25, 0.3) is 0 Å². The zero-order chi connectivity index (χ0) is 15.8. The Hall–Kier alpha value is -1.80. The van der Waals surface area contributed by atoms with Crippen molar-refractivity contribution in [3.63, 3.8) is 0 Å². The average Bonchev–Trinajstić information content (AvgIpc) is 2.93. The van der Waals surface area contributed by atoms with Gasteiger partial charge in [0.15, 0.2) is 4.34 Å². The first-order valence-electron chi connectivity index (χ1n) is 6.92. The maximum Gasteiger partial charge on any atom is 0.234 e. The molecule has 0 atom stereocenters. The first-order valence-corrected chi connectivity index (χ1v) is 8.72. The van der Waals surface area contributed by atoms with Gasteiger partial charge in [-0.3, -0.25) is 4.79 Å². The van der Waals surface area contributed by atoms with Gasteiger partial charge in [0.1, 0.15) is 5.75 Å². The molecule has 118 valence electrons. The molecule has 1 heterocycles. The van der Waals surface area contributed by atoms with Crippen molar-refractivity contribution in [2.75, 3.05) is 23.4 Å². The molecule has 0 radical (unpaired) electrons. The Balaban J connectivity index is 1.76. The van der Waals surface area contributed by atoms with Gasteiger partial charge >= 0.3 is 0 Å². The minimum atomic E-state index is -0.0987. The molecule has 3 N–H and O–H groups in total. The summed E-state index contributed by atoms with van der Waals surface area (Å²) < 4.78 is 6.26. The summed E-state index contributed by atoms with van der Waals surface area (Å²) in [6.45, 7) is 2.83. The van der Waals surface area contributed by atoms with Crippen LogP contribution in [-0.4, -0.2) is 28.5 Å². The van der Waals surface area contributed by atoms with Crippen LogP contribution in [0.2, 0.25) is 0 Å². The summed E-state index contributed by atoms with van der Waals surface area (Å²) in [5, 5.41) is 10.8. The molecule has 0 spiro atoms. The molecule has 1 amide bonds. The molecule has 0 saturated heterocycles. The lowest BCUT2D eigenvalue weighted by molar-refractivity contribution is -0.113. The minimum absolute atomic E-state index is 0.0987. The SMILES string of the molecule is CCCCOc1ccc(NC(=O)CSc2nnc(N)s2)cc1. The Kier molecular flexibility index (Phi) is 6.47. The van der Waals surface area contributed by atoms with E-state index in [1.165, 1.54) is 23.1 Å². The average molecular weight is 338 g/mol. The molecular formula is C14H18N4O2S2. The number of rotatable bonds is 8. The molecule has 0 aliphatic carbocycles. The summed E-state index contributed by atoms with van der Waals surface area (Å²) in [6.07, 6.45) is 2.14. The van der Waals surface area contributed by atoms with E-state index in [2.05, 4.69) is 22.4 Å². The van der Waals surface area contributed by atoms with Crippen LogP contribution in [0.5, 0.6) is 5.75 Å². The number of hydrogen-bond donors (Lipinski definition) is 2. The number of thioether (sulfide) groups is 1. The van der Waals surface area contributed by atoms with Gasteiger partial charge in [0.2, 0.25) is 11.0 Å². The van der Waals surface area contributed by atoms with Crippen LogP contribution in [0.3, 0.4) is 0 Å². The molecular weight excluding hydrogens is 320 g/mol. The first kappa shape index (κ1) is 16.6. The largest absolute Gasteiger partial charge is 0.494 e. The van der Waals surface area contributed by atoms with E-state index in [9.17, 15) is 4.79 Å². The number of nitrogens with one attached hydrogen (secondary N) is 1. The summed E-state index contributed by atoms with van der Waals surface area (Å²) in [5.41, 5.74) is 6.23. The summed E-state index contributed by atoms with van der Waals surface area (Å²) in [7, 11) is 0. The summed E-state index contributed by atoms with van der Waals surface area (Å²) >= 11 is 2.58. The highest BCUT2D eigenvalue weighted by Gasteiger charge is 2.07. The molecule has 8 heteroatoms. The molecule has 1 aromatic carbocycles. The van der Waals surface area contributed by atoms with Gasteiger partial charge in [-0.15, -0.1) is 10.2 Å². The van der Waals surface area contributed by atoms with Gasteiger partial charge in [0.05, 0.1) is 12.4 Å². The van der Waals surface area contributed by atoms with Crippen LogP contribution < -0.4 is 15.8 Å². The van der Waals surface area contributed by atoms with Gasteiger partial charge < -0.3 is 15.8 Å². The van der Waals surface area contributed by atoms with Crippen LogP contribution >= 0.6 is 23.1 Å². The maximum absolute atomic E-state index is 11.9. The second-order valence-electron chi connectivity index (χ2n) is 4.47. The van der Waals surface area contributed by atoms with E-state index in [0.717, 1.165) is 24.3 Å². The molecule has 0 unspecified atom stereocenters. The lowest BCUT2D eigenvalue weighted by atomic mass is 10.3. The number of anilines is 2. The Bertz CT molecular complexity index is 601. The second-order valence-corrected chi connectivity index (χ2v) is 6.70. The molecule has 0 aliphatic heterocycles. The van der Waals surface area contributed by atoms with Crippen LogP contribution in [-0.2, 0) is 4.79 Å². The van der Waals surface area contributed by atoms with E-state index in [0.29, 0.717) is 16.1 Å². The van der Waals surface area contributed by atoms with Gasteiger partial charge in [-0.1, -0.05) is 36.4 Å². The predicted octanol–water partition coefficient (Wildman–Crippen LogP) is 3.03. The van der Waals surface area contributed by atoms with E-state index in [4.69, 9.17) is 10.5 Å². The van der Waals surface area contributed by atoms with Crippen LogP contribution in [0, 0.1) is 0 Å². The third kappa shape index (κ3) is 5.53. The zero-order valence-corrected chi connectivity index (χ0v) is 13.9. The normalized spacial score (nSPS) is 10.4. The zero-order valence-electron chi connectivity index (χ0n) is 12.2. The van der Waals surface area contributed by atoms with E-state index in [1.807, 2.05) is 24.3 Å². The maximum atomic E-state index is 11.9. The fourth-order valence-corrected chi connectivity index (χ4v) is 3.01. The van der Waals surface area contributed by atoms with Crippen LogP contribution in [0.4, 0.5) is 10.8 Å². The number of carbonyl (C=O) groups is 1. The third-order valence-corrected chi connectivity index (χ3v) is 4.54. The van der Waals surface area contributed by atoms with Crippen LogP contribution in [0.1, 0.15) is 19.8 Å². The first-order chi connectivity index (χ1) is 10.7. The van der Waals surface area contributed by atoms with Crippen molar-refractivity contribution in [2.45, 2.75) is 24.1 Å². The van der Waals surface area contributed by atoms with E-state index >= 15 is 0 Å². The van der Waals surface area contributed by atoms with Crippen LogP contribution in [0.25, 0.3) is 0 Å². The number of ether oxygens (including phenoxy) is 1. The van der Waals surface area contributed by atoms with Crippen LogP contribution in [0.15, 0.2) is 28.6 Å². The highest BCUT2D eigenvalue weighted by Crippen LogP contribution is 2.23. The fraction of sp³-hybridized carbons (Fsp3) is 0.357. The highest BCUT2D eigenvalue weighted by atomic mass is 32.2. The van der Waals surface area contributed by atoms with Crippen molar-refractivity contribution in [1.29, 1.82) is 0 Å². The smallest absolute Gasteiger partial charge is 0.234 e. The van der Waals surface area contributed by atoms with Gasteiger partial charge in [-0.05, 0) is 30.7 Å². The summed E-state index contributed by atoms with van der Waals surface area (Å²) in [5.74, 6) is 0.979. The number of benzene rings is 1. The molecule has 0 fully saturated rings. The van der Waals surface area contributed by atoms with Crippen molar-refractivity contribution < 1.29 is 9.53 Å². The van der Waals surface area contributed by atoms with E-state index in [1.54, 1.807) is 0 Å². The predicted molar refractivity (Wildman–Crippen MR) is 90.5 cm³/mol. The molecule has 2 aromatic rings. The number of hydrogen-bond acceptors (Lipinski definition) is 7. The lowest BCUT2D eigenvalue weighted by Gasteiger charge is -2.07. The van der Waals surface area contributed by atoms with E-state index < -0.39 is 0 Å². The standard InChI is InChI=1S/C14H18N4O2S2/c1-2-3-8-20-11-6-4-10(5-7-11)16-12(19)9-21-14-18-17-13(15)22-14/h4-7H,2-3,8-9H2,1H3,(H2,15,17)(H,16,19). The number of carbonyl (C=O) groups excluding carboxylic acids is 1. The van der Waals surface area contributed by atoms with Gasteiger partial charge in [0, 0.05) is 5.69 Å². The minimum Gasteiger partial charge on any atom is -0.494 e. The Morgan fingerprint density at radius 1 is 1.36 bits per heavy atom. The fourth-order valence-electron chi connectivity index (χ4n) is 1.57. The molecule has 2 rings (SSSR count). The number of aromatic nitrogens is 2. The number of amides is 1. The van der Waals surface area contributed by atoms with Crippen molar-refractivity contribution >= 4 is 39.8 Å². The molecule has 0 aliphatic rings. The number of unbranched alkanes of at least 4 members (excludes halogenated alkanes) is 1. The van der Waals surface area contributed by atoms with E-state index in [-0.39, 0.29) is 11.7 Å². The molecule has 22 heavy (non-hydrogen) atoms. The molecule has 1 aromatic heterocycles.